The van der Waals surface area contributed by atoms with Gasteiger partial charge < -0.3 is 10.5 Å². The van der Waals surface area contributed by atoms with Crippen LogP contribution in [-0.2, 0) is 4.74 Å². The largest absolute Gasteiger partial charge is 0.464 e. The molecule has 0 aliphatic rings. The zero-order valence-corrected chi connectivity index (χ0v) is 9.02. The third-order valence-corrected chi connectivity index (χ3v) is 2.21. The predicted octanol–water partition coefficient (Wildman–Crippen LogP) is 1.87. The maximum atomic E-state index is 11.1. The summed E-state index contributed by atoms with van der Waals surface area (Å²) >= 11 is 8.76. The number of carbonyl (C=O) groups is 1. The summed E-state index contributed by atoms with van der Waals surface area (Å²) in [5.41, 5.74) is 5.79. The topological polar surface area (TPSA) is 65.2 Å². The molecule has 1 aromatic rings. The molecule has 0 aliphatic carbocycles. The van der Waals surface area contributed by atoms with Crippen LogP contribution in [0, 0.1) is 0 Å². The number of hydrogen-bond donors (Lipinski definition) is 1. The molecule has 1 heterocycles. The lowest BCUT2D eigenvalue weighted by molar-refractivity contribution is 0.0595. The van der Waals surface area contributed by atoms with Gasteiger partial charge in [-0.15, -0.1) is 0 Å². The van der Waals surface area contributed by atoms with Crippen molar-refractivity contribution in [3.05, 3.63) is 21.4 Å². The van der Waals surface area contributed by atoms with E-state index in [2.05, 4.69) is 25.7 Å². The van der Waals surface area contributed by atoms with E-state index in [9.17, 15) is 4.79 Å². The maximum absolute atomic E-state index is 11.1. The van der Waals surface area contributed by atoms with Crippen molar-refractivity contribution in [3.8, 4) is 0 Å². The van der Waals surface area contributed by atoms with Crippen LogP contribution in [0.3, 0.4) is 0 Å². The van der Waals surface area contributed by atoms with E-state index in [1.165, 1.54) is 13.2 Å². The minimum absolute atomic E-state index is 0.0156. The van der Waals surface area contributed by atoms with Crippen molar-refractivity contribution in [3.63, 3.8) is 0 Å². The number of halogens is 2. The van der Waals surface area contributed by atoms with E-state index in [0.717, 1.165) is 0 Å². The van der Waals surface area contributed by atoms with Crippen molar-refractivity contribution in [2.24, 2.45) is 0 Å². The number of carbonyl (C=O) groups excluding carboxylic acids is 1. The summed E-state index contributed by atoms with van der Waals surface area (Å²) in [6, 6.07) is 1.50. The Morgan fingerprint density at radius 1 is 1.77 bits per heavy atom. The van der Waals surface area contributed by atoms with E-state index < -0.39 is 5.97 Å². The SMILES string of the molecule is COC(=O)c1nc(Cl)cc(Br)c1N. The van der Waals surface area contributed by atoms with Crippen LogP contribution in [0.2, 0.25) is 5.15 Å². The van der Waals surface area contributed by atoms with Crippen LogP contribution in [0.25, 0.3) is 0 Å². The molecule has 0 unspecified atom stereocenters. The predicted molar refractivity (Wildman–Crippen MR) is 52.7 cm³/mol. The Bertz CT molecular complexity index is 357. The number of rotatable bonds is 1. The van der Waals surface area contributed by atoms with Gasteiger partial charge in [-0.25, -0.2) is 9.78 Å². The molecule has 0 saturated heterocycles. The number of nitrogens with zero attached hydrogens (tertiary/aromatic N) is 1. The molecule has 0 amide bonds. The summed E-state index contributed by atoms with van der Waals surface area (Å²) in [5, 5.41) is 0.182. The number of esters is 1. The molecular weight excluding hydrogens is 259 g/mol. The Labute approximate surface area is 88.2 Å². The van der Waals surface area contributed by atoms with Crippen molar-refractivity contribution in [1.82, 2.24) is 4.98 Å². The van der Waals surface area contributed by atoms with Crippen LogP contribution in [0.4, 0.5) is 5.69 Å². The van der Waals surface area contributed by atoms with Crippen LogP contribution in [0.5, 0.6) is 0 Å². The standard InChI is InChI=1S/C7H6BrClN2O2/c1-13-7(12)6-5(10)3(8)2-4(9)11-6/h2H,10H2,1H3. The fourth-order valence-electron chi connectivity index (χ4n) is 0.747. The van der Waals surface area contributed by atoms with Gasteiger partial charge in [0.05, 0.1) is 12.8 Å². The van der Waals surface area contributed by atoms with Crippen LogP contribution < -0.4 is 5.73 Å². The molecule has 0 radical (unpaired) electrons. The number of ether oxygens (including phenoxy) is 1. The van der Waals surface area contributed by atoms with E-state index in [-0.39, 0.29) is 16.5 Å². The zero-order chi connectivity index (χ0) is 10.0. The normalized spacial score (nSPS) is 9.77. The van der Waals surface area contributed by atoms with E-state index in [1.54, 1.807) is 0 Å². The van der Waals surface area contributed by atoms with Gasteiger partial charge in [0.2, 0.25) is 0 Å². The van der Waals surface area contributed by atoms with Crippen LogP contribution in [0.1, 0.15) is 10.5 Å². The summed E-state index contributed by atoms with van der Waals surface area (Å²) in [4.78, 5) is 14.8. The second kappa shape index (κ2) is 3.93. The van der Waals surface area contributed by atoms with Gasteiger partial charge in [-0.2, -0.15) is 0 Å². The highest BCUT2D eigenvalue weighted by Crippen LogP contribution is 2.25. The third-order valence-electron chi connectivity index (χ3n) is 1.36. The first-order chi connectivity index (χ1) is 6.06. The fraction of sp³-hybridized carbons (Fsp3) is 0.143. The van der Waals surface area contributed by atoms with Crippen molar-refractivity contribution in [2.75, 3.05) is 12.8 Å². The lowest BCUT2D eigenvalue weighted by atomic mass is 10.3. The van der Waals surface area contributed by atoms with Gasteiger partial charge in [0, 0.05) is 4.47 Å². The molecule has 6 heteroatoms. The first-order valence-corrected chi connectivity index (χ1v) is 4.43. The summed E-state index contributed by atoms with van der Waals surface area (Å²) in [7, 11) is 1.25. The molecule has 2 N–H and O–H groups in total. The van der Waals surface area contributed by atoms with E-state index in [4.69, 9.17) is 17.3 Å². The highest BCUT2D eigenvalue weighted by Gasteiger charge is 2.15. The number of methoxy groups -OCH3 is 1. The van der Waals surface area contributed by atoms with E-state index in [1.807, 2.05) is 0 Å². The number of pyridine rings is 1. The second-order valence-corrected chi connectivity index (χ2v) is 3.42. The molecule has 0 aromatic carbocycles. The van der Waals surface area contributed by atoms with Crippen molar-refractivity contribution < 1.29 is 9.53 Å². The molecule has 0 atom stereocenters. The first-order valence-electron chi connectivity index (χ1n) is 3.26. The Hall–Kier alpha value is -0.810. The zero-order valence-electron chi connectivity index (χ0n) is 6.67. The minimum Gasteiger partial charge on any atom is -0.464 e. The molecule has 1 aromatic heterocycles. The van der Waals surface area contributed by atoms with E-state index >= 15 is 0 Å². The monoisotopic (exact) mass is 264 g/mol. The molecule has 0 fully saturated rings. The van der Waals surface area contributed by atoms with Crippen LogP contribution in [-0.4, -0.2) is 18.1 Å². The average molecular weight is 265 g/mol. The Kier molecular flexibility index (Phi) is 3.11. The van der Waals surface area contributed by atoms with Crippen LogP contribution >= 0.6 is 27.5 Å². The molecule has 13 heavy (non-hydrogen) atoms. The van der Waals surface area contributed by atoms with Gasteiger partial charge in [-0.05, 0) is 22.0 Å². The van der Waals surface area contributed by atoms with Crippen molar-refractivity contribution in [1.29, 1.82) is 0 Å². The summed E-state index contributed by atoms with van der Waals surface area (Å²) in [6.07, 6.45) is 0. The van der Waals surface area contributed by atoms with Crippen LogP contribution in [0.15, 0.2) is 10.5 Å². The first kappa shape index (κ1) is 10.3. The Balaban J connectivity index is 3.28. The number of hydrogen-bond acceptors (Lipinski definition) is 4. The quantitative estimate of drug-likeness (QED) is 0.622. The number of aromatic nitrogens is 1. The van der Waals surface area contributed by atoms with Gasteiger partial charge in [0.1, 0.15) is 5.15 Å². The molecular formula is C7H6BrClN2O2. The smallest absolute Gasteiger partial charge is 0.358 e. The number of nitrogen functional groups attached to an aromatic ring is 1. The van der Waals surface area contributed by atoms with Gasteiger partial charge >= 0.3 is 5.97 Å². The third kappa shape index (κ3) is 2.10. The maximum Gasteiger partial charge on any atom is 0.358 e. The Morgan fingerprint density at radius 3 is 2.92 bits per heavy atom. The lowest BCUT2D eigenvalue weighted by Gasteiger charge is -2.04. The molecule has 4 nitrogen and oxygen atoms in total. The average Bonchev–Trinajstić information content (AvgIpc) is 2.10. The molecule has 1 rings (SSSR count). The van der Waals surface area contributed by atoms with Gasteiger partial charge in [0.25, 0.3) is 0 Å². The van der Waals surface area contributed by atoms with Gasteiger partial charge in [-0.3, -0.25) is 0 Å². The van der Waals surface area contributed by atoms with Crippen molar-refractivity contribution in [2.45, 2.75) is 0 Å². The molecule has 0 bridgehead atoms. The second-order valence-electron chi connectivity index (χ2n) is 2.18. The molecule has 70 valence electrons. The molecule has 0 spiro atoms. The van der Waals surface area contributed by atoms with Gasteiger partial charge in [0.15, 0.2) is 5.69 Å². The van der Waals surface area contributed by atoms with E-state index in [0.29, 0.717) is 4.47 Å². The summed E-state index contributed by atoms with van der Waals surface area (Å²) < 4.78 is 4.99. The Morgan fingerprint density at radius 2 is 2.38 bits per heavy atom. The minimum atomic E-state index is -0.610. The number of anilines is 1. The molecule has 0 saturated carbocycles. The molecule has 0 aliphatic heterocycles. The summed E-state index contributed by atoms with van der Waals surface area (Å²) in [5.74, 6) is -0.610. The fourth-order valence-corrected chi connectivity index (χ4v) is 1.48. The summed E-state index contributed by atoms with van der Waals surface area (Å²) in [6.45, 7) is 0. The van der Waals surface area contributed by atoms with Gasteiger partial charge in [-0.1, -0.05) is 11.6 Å². The highest BCUT2D eigenvalue weighted by molar-refractivity contribution is 9.10. The lowest BCUT2D eigenvalue weighted by Crippen LogP contribution is -2.09. The van der Waals surface area contributed by atoms with Crippen molar-refractivity contribution >= 4 is 39.2 Å². The number of nitrogens with two attached hydrogens (primary N) is 1. The highest BCUT2D eigenvalue weighted by atomic mass is 79.9.